The summed E-state index contributed by atoms with van der Waals surface area (Å²) >= 11 is 7.16. The predicted molar refractivity (Wildman–Crippen MR) is 120 cm³/mol. The highest BCUT2D eigenvalue weighted by Crippen LogP contribution is 2.18. The van der Waals surface area contributed by atoms with E-state index in [0.29, 0.717) is 36.5 Å². The monoisotopic (exact) mass is 442 g/mol. The van der Waals surface area contributed by atoms with Crippen LogP contribution in [0.25, 0.3) is 0 Å². The molecule has 0 aliphatic heterocycles. The molecule has 2 aromatic carbocycles. The summed E-state index contributed by atoms with van der Waals surface area (Å²) in [6.45, 7) is 2.70. The maximum absolute atomic E-state index is 12.3. The Balaban J connectivity index is 1.39. The molecule has 0 spiro atoms. The highest BCUT2D eigenvalue weighted by atomic mass is 35.5. The summed E-state index contributed by atoms with van der Waals surface area (Å²) in [6.07, 6.45) is 1.66. The lowest BCUT2D eigenvalue weighted by atomic mass is 10.0. The molecule has 156 valence electrons. The second-order valence-corrected chi connectivity index (χ2v) is 8.43. The van der Waals surface area contributed by atoms with Crippen molar-refractivity contribution in [2.24, 2.45) is 0 Å². The molecule has 30 heavy (non-hydrogen) atoms. The van der Waals surface area contributed by atoms with E-state index in [4.69, 9.17) is 11.6 Å². The number of nitrogens with one attached hydrogen (secondary N) is 2. The Kier molecular flexibility index (Phi) is 7.93. The van der Waals surface area contributed by atoms with Gasteiger partial charge in [0.1, 0.15) is 5.01 Å². The topological polar surface area (TPSA) is 84.0 Å². The average molecular weight is 443 g/mol. The van der Waals surface area contributed by atoms with Gasteiger partial charge in [-0.2, -0.15) is 0 Å². The summed E-state index contributed by atoms with van der Waals surface area (Å²) in [5, 5.41) is 15.3. The summed E-state index contributed by atoms with van der Waals surface area (Å²) in [7, 11) is 0. The molecule has 3 rings (SSSR count). The molecule has 0 radical (unpaired) electrons. The van der Waals surface area contributed by atoms with Crippen molar-refractivity contribution in [2.75, 3.05) is 11.9 Å². The van der Waals surface area contributed by atoms with E-state index >= 15 is 0 Å². The number of hydrogen-bond acceptors (Lipinski definition) is 5. The first-order valence-electron chi connectivity index (χ1n) is 9.72. The number of benzene rings is 2. The minimum Gasteiger partial charge on any atom is -0.356 e. The molecule has 0 saturated heterocycles. The second kappa shape index (κ2) is 10.8. The zero-order chi connectivity index (χ0) is 21.3. The molecule has 3 aromatic rings. The van der Waals surface area contributed by atoms with Crippen molar-refractivity contribution in [3.05, 3.63) is 75.2 Å². The van der Waals surface area contributed by atoms with E-state index in [1.165, 1.54) is 16.9 Å². The maximum atomic E-state index is 12.3. The van der Waals surface area contributed by atoms with Crippen LogP contribution in [0.2, 0.25) is 5.02 Å². The second-order valence-electron chi connectivity index (χ2n) is 6.93. The van der Waals surface area contributed by atoms with E-state index in [1.807, 2.05) is 18.2 Å². The third-order valence-corrected chi connectivity index (χ3v) is 5.73. The van der Waals surface area contributed by atoms with Crippen LogP contribution in [-0.2, 0) is 11.2 Å². The van der Waals surface area contributed by atoms with Gasteiger partial charge in [0, 0.05) is 30.1 Å². The number of hydrogen-bond donors (Lipinski definition) is 2. The van der Waals surface area contributed by atoms with Crippen molar-refractivity contribution >= 4 is 40.4 Å². The molecule has 1 heterocycles. The fourth-order valence-corrected chi connectivity index (χ4v) is 3.82. The van der Waals surface area contributed by atoms with E-state index in [9.17, 15) is 9.59 Å². The zero-order valence-corrected chi connectivity index (χ0v) is 18.2. The number of carbonyl (C=O) groups excluding carboxylic acids is 2. The Hall–Kier alpha value is -2.77. The van der Waals surface area contributed by atoms with Gasteiger partial charge in [-0.05, 0) is 36.1 Å². The Morgan fingerprint density at radius 2 is 1.90 bits per heavy atom. The molecule has 0 fully saturated rings. The van der Waals surface area contributed by atoms with Gasteiger partial charge in [0.15, 0.2) is 0 Å². The number of halogens is 1. The number of carbonyl (C=O) groups is 2. The van der Waals surface area contributed by atoms with Gasteiger partial charge in [-0.1, -0.05) is 66.3 Å². The average Bonchev–Trinajstić information content (AvgIpc) is 3.22. The molecule has 0 unspecified atom stereocenters. The zero-order valence-electron chi connectivity index (χ0n) is 16.6. The van der Waals surface area contributed by atoms with Gasteiger partial charge in [-0.15, -0.1) is 10.2 Å². The molecule has 0 bridgehead atoms. The fourth-order valence-electron chi connectivity index (χ4n) is 2.85. The Morgan fingerprint density at radius 1 is 1.10 bits per heavy atom. The number of amides is 2. The Labute approximate surface area is 184 Å². The summed E-state index contributed by atoms with van der Waals surface area (Å²) in [4.78, 5) is 24.4. The number of aryl methyl sites for hydroxylation is 1. The van der Waals surface area contributed by atoms with Gasteiger partial charge in [-0.3, -0.25) is 9.59 Å². The van der Waals surface area contributed by atoms with Gasteiger partial charge < -0.3 is 10.6 Å². The van der Waals surface area contributed by atoms with E-state index in [2.05, 4.69) is 39.9 Å². The van der Waals surface area contributed by atoms with Crippen molar-refractivity contribution in [3.63, 3.8) is 0 Å². The lowest BCUT2D eigenvalue weighted by Crippen LogP contribution is -2.27. The van der Waals surface area contributed by atoms with E-state index in [1.54, 1.807) is 24.3 Å². The smallest absolute Gasteiger partial charge is 0.286 e. The molecule has 8 heteroatoms. The van der Waals surface area contributed by atoms with Crippen LogP contribution in [-0.4, -0.2) is 28.6 Å². The van der Waals surface area contributed by atoms with Crippen LogP contribution in [0.3, 0.4) is 0 Å². The molecule has 2 N–H and O–H groups in total. The lowest BCUT2D eigenvalue weighted by Gasteiger charge is -2.12. The molecule has 1 aromatic heterocycles. The van der Waals surface area contributed by atoms with Gasteiger partial charge >= 0.3 is 0 Å². The number of rotatable bonds is 9. The highest BCUT2D eigenvalue weighted by molar-refractivity contribution is 7.13. The fraction of sp³-hybridized carbons (Fsp3) is 0.273. The van der Waals surface area contributed by atoms with Gasteiger partial charge in [0.2, 0.25) is 10.9 Å². The van der Waals surface area contributed by atoms with Gasteiger partial charge in [-0.25, -0.2) is 0 Å². The third-order valence-electron chi connectivity index (χ3n) is 4.51. The lowest BCUT2D eigenvalue weighted by molar-refractivity contribution is -0.121. The van der Waals surface area contributed by atoms with Gasteiger partial charge in [0.05, 0.1) is 0 Å². The van der Waals surface area contributed by atoms with E-state index < -0.39 is 0 Å². The predicted octanol–water partition coefficient (Wildman–Crippen LogP) is 4.69. The van der Waals surface area contributed by atoms with Crippen LogP contribution in [0.15, 0.2) is 54.6 Å². The molecular weight excluding hydrogens is 420 g/mol. The maximum Gasteiger partial charge on any atom is 0.286 e. The SMILES string of the molecule is C[C@H](CNC(=O)CCCc1nnc(C(=O)Nc2cccc(Cl)c2)s1)c1ccccc1. The first kappa shape index (κ1) is 21.9. The number of aromatic nitrogens is 2. The first-order chi connectivity index (χ1) is 14.5. The normalized spacial score (nSPS) is 11.7. The molecule has 0 saturated carbocycles. The molecule has 0 aliphatic rings. The Bertz CT molecular complexity index is 994. The van der Waals surface area contributed by atoms with Crippen molar-refractivity contribution in [1.82, 2.24) is 15.5 Å². The summed E-state index contributed by atoms with van der Waals surface area (Å²) in [6, 6.07) is 17.0. The minimum absolute atomic E-state index is 0.0150. The minimum atomic E-state index is -0.325. The van der Waals surface area contributed by atoms with Crippen LogP contribution < -0.4 is 10.6 Å². The molecule has 1 atom stereocenters. The van der Waals surface area contributed by atoms with Crippen LogP contribution in [0, 0.1) is 0 Å². The largest absolute Gasteiger partial charge is 0.356 e. The third kappa shape index (κ3) is 6.64. The molecular formula is C22H23ClN4O2S. The number of anilines is 1. The number of nitrogens with zero attached hydrogens (tertiary/aromatic N) is 2. The van der Waals surface area contributed by atoms with Crippen LogP contribution in [0.4, 0.5) is 5.69 Å². The molecule has 0 aliphatic carbocycles. The van der Waals surface area contributed by atoms with Crippen LogP contribution in [0.1, 0.15) is 46.1 Å². The standard InChI is InChI=1S/C22H23ClN4O2S/c1-15(16-7-3-2-4-8-16)14-24-19(28)11-6-12-20-26-27-22(30-20)21(29)25-18-10-5-9-17(23)13-18/h2-5,7-10,13,15H,6,11-12,14H2,1H3,(H,24,28)(H,25,29)/t15-/m1/s1. The molecule has 6 nitrogen and oxygen atoms in total. The summed E-state index contributed by atoms with van der Waals surface area (Å²) in [5.41, 5.74) is 1.81. The van der Waals surface area contributed by atoms with E-state index in [0.717, 1.165) is 5.01 Å². The Morgan fingerprint density at radius 3 is 2.67 bits per heavy atom. The van der Waals surface area contributed by atoms with E-state index in [-0.39, 0.29) is 22.7 Å². The van der Waals surface area contributed by atoms with Crippen LogP contribution >= 0.6 is 22.9 Å². The van der Waals surface area contributed by atoms with Crippen molar-refractivity contribution < 1.29 is 9.59 Å². The first-order valence-corrected chi connectivity index (χ1v) is 10.9. The van der Waals surface area contributed by atoms with Crippen molar-refractivity contribution in [3.8, 4) is 0 Å². The quantitative estimate of drug-likeness (QED) is 0.503. The van der Waals surface area contributed by atoms with Gasteiger partial charge in [0.25, 0.3) is 5.91 Å². The molecule has 2 amide bonds. The highest BCUT2D eigenvalue weighted by Gasteiger charge is 2.14. The summed E-state index contributed by atoms with van der Waals surface area (Å²) in [5.74, 6) is -0.0474. The summed E-state index contributed by atoms with van der Waals surface area (Å²) < 4.78 is 0. The van der Waals surface area contributed by atoms with Crippen LogP contribution in [0.5, 0.6) is 0 Å². The van der Waals surface area contributed by atoms with Crippen molar-refractivity contribution in [1.29, 1.82) is 0 Å². The van der Waals surface area contributed by atoms with Crippen molar-refractivity contribution in [2.45, 2.75) is 32.1 Å².